The molecule has 1 aromatic heterocycles. The third kappa shape index (κ3) is 4.35. The predicted molar refractivity (Wildman–Crippen MR) is 112 cm³/mol. The van der Waals surface area contributed by atoms with E-state index in [1.54, 1.807) is 47.0 Å². The van der Waals surface area contributed by atoms with Crippen LogP contribution < -0.4 is 10.9 Å². The fraction of sp³-hybridized carbons (Fsp3) is 0.200. The second-order valence-corrected chi connectivity index (χ2v) is 7.73. The minimum atomic E-state index is -0.231. The summed E-state index contributed by atoms with van der Waals surface area (Å²) in [6.45, 7) is 3.79. The highest BCUT2D eigenvalue weighted by Crippen LogP contribution is 2.23. The summed E-state index contributed by atoms with van der Waals surface area (Å²) in [7, 11) is 0. The number of carbonyl (C=O) groups is 1. The summed E-state index contributed by atoms with van der Waals surface area (Å²) >= 11 is 7.21. The summed E-state index contributed by atoms with van der Waals surface area (Å²) in [5, 5.41) is 13.0. The van der Waals surface area contributed by atoms with Crippen LogP contribution in [0.1, 0.15) is 25.5 Å². The molecule has 142 valence electrons. The molecule has 0 bridgehead atoms. The molecule has 1 amide bonds. The van der Waals surface area contributed by atoms with Crippen molar-refractivity contribution in [1.82, 2.24) is 9.55 Å². The van der Waals surface area contributed by atoms with E-state index in [0.29, 0.717) is 32.3 Å². The van der Waals surface area contributed by atoms with Crippen molar-refractivity contribution < 1.29 is 4.79 Å². The summed E-state index contributed by atoms with van der Waals surface area (Å²) in [6.07, 6.45) is 0. The van der Waals surface area contributed by atoms with Gasteiger partial charge in [-0.05, 0) is 56.3 Å². The second kappa shape index (κ2) is 8.46. The van der Waals surface area contributed by atoms with E-state index in [1.807, 2.05) is 19.9 Å². The Morgan fingerprint density at radius 1 is 1.29 bits per heavy atom. The number of hydrogen-bond donors (Lipinski definition) is 1. The van der Waals surface area contributed by atoms with Crippen LogP contribution in [0.3, 0.4) is 0 Å². The lowest BCUT2D eigenvalue weighted by molar-refractivity contribution is -0.113. The normalized spacial score (nSPS) is 10.8. The Labute approximate surface area is 171 Å². The topological polar surface area (TPSA) is 87.8 Å². The van der Waals surface area contributed by atoms with E-state index >= 15 is 0 Å². The van der Waals surface area contributed by atoms with Crippen LogP contribution in [0.15, 0.2) is 52.4 Å². The number of anilines is 1. The van der Waals surface area contributed by atoms with Gasteiger partial charge in [-0.15, -0.1) is 0 Å². The van der Waals surface area contributed by atoms with Crippen LogP contribution >= 0.6 is 23.4 Å². The van der Waals surface area contributed by atoms with Gasteiger partial charge in [0.25, 0.3) is 5.56 Å². The van der Waals surface area contributed by atoms with Crippen LogP contribution in [0.25, 0.3) is 10.9 Å². The number of halogens is 1. The summed E-state index contributed by atoms with van der Waals surface area (Å²) in [4.78, 5) is 29.7. The van der Waals surface area contributed by atoms with Gasteiger partial charge in [0.1, 0.15) is 0 Å². The zero-order valence-corrected chi connectivity index (χ0v) is 16.8. The van der Waals surface area contributed by atoms with Crippen molar-refractivity contribution in [3.63, 3.8) is 0 Å². The highest BCUT2D eigenvalue weighted by molar-refractivity contribution is 7.99. The van der Waals surface area contributed by atoms with Gasteiger partial charge in [-0.1, -0.05) is 23.4 Å². The first-order chi connectivity index (χ1) is 13.4. The summed E-state index contributed by atoms with van der Waals surface area (Å²) < 4.78 is 1.58. The molecule has 3 rings (SSSR count). The molecule has 3 aromatic rings. The van der Waals surface area contributed by atoms with Gasteiger partial charge in [-0.3, -0.25) is 14.2 Å². The summed E-state index contributed by atoms with van der Waals surface area (Å²) in [5.41, 5.74) is 1.47. The van der Waals surface area contributed by atoms with Crippen LogP contribution in [0.5, 0.6) is 0 Å². The Bertz CT molecular complexity index is 1130. The SMILES string of the molecule is CC(C)n1c(SCC(=O)Nc2ccc(C#N)cc2)nc2cc(Cl)ccc2c1=O. The molecule has 8 heteroatoms. The first kappa shape index (κ1) is 19.9. The number of nitrogens with zero attached hydrogens (tertiary/aromatic N) is 3. The summed E-state index contributed by atoms with van der Waals surface area (Å²) in [5.74, 6) is -0.143. The molecule has 0 aliphatic heterocycles. The van der Waals surface area contributed by atoms with Crippen molar-refractivity contribution in [3.05, 3.63) is 63.4 Å². The van der Waals surface area contributed by atoms with E-state index in [9.17, 15) is 9.59 Å². The van der Waals surface area contributed by atoms with Crippen molar-refractivity contribution in [1.29, 1.82) is 5.26 Å². The van der Waals surface area contributed by atoms with Crippen molar-refractivity contribution in [2.75, 3.05) is 11.1 Å². The lowest BCUT2D eigenvalue weighted by Gasteiger charge is -2.16. The Morgan fingerprint density at radius 3 is 2.64 bits per heavy atom. The number of fused-ring (bicyclic) bond motifs is 1. The van der Waals surface area contributed by atoms with Crippen LogP contribution in [-0.4, -0.2) is 21.2 Å². The summed E-state index contributed by atoms with van der Waals surface area (Å²) in [6, 6.07) is 13.5. The largest absolute Gasteiger partial charge is 0.325 e. The smallest absolute Gasteiger partial charge is 0.262 e. The Kier molecular flexibility index (Phi) is 6.02. The van der Waals surface area contributed by atoms with Crippen LogP contribution in [0.2, 0.25) is 5.02 Å². The minimum Gasteiger partial charge on any atom is -0.325 e. The van der Waals surface area contributed by atoms with Crippen LogP contribution in [0.4, 0.5) is 5.69 Å². The first-order valence-corrected chi connectivity index (χ1v) is 9.90. The molecule has 0 aliphatic rings. The molecular weight excluding hydrogens is 396 g/mol. The lowest BCUT2D eigenvalue weighted by Crippen LogP contribution is -2.25. The molecule has 0 saturated heterocycles. The number of aromatic nitrogens is 2. The highest BCUT2D eigenvalue weighted by Gasteiger charge is 2.15. The first-order valence-electron chi connectivity index (χ1n) is 8.53. The van der Waals surface area contributed by atoms with Gasteiger partial charge in [0.05, 0.1) is 28.3 Å². The van der Waals surface area contributed by atoms with E-state index in [0.717, 1.165) is 0 Å². The monoisotopic (exact) mass is 412 g/mol. The van der Waals surface area contributed by atoms with Crippen LogP contribution in [0, 0.1) is 11.3 Å². The highest BCUT2D eigenvalue weighted by atomic mass is 35.5. The molecule has 0 saturated carbocycles. The Balaban J connectivity index is 1.82. The molecule has 28 heavy (non-hydrogen) atoms. The minimum absolute atomic E-state index is 0.0885. The maximum Gasteiger partial charge on any atom is 0.262 e. The molecule has 0 atom stereocenters. The molecule has 0 unspecified atom stereocenters. The van der Waals surface area contributed by atoms with E-state index in [2.05, 4.69) is 10.3 Å². The van der Waals surface area contributed by atoms with Crippen molar-refractivity contribution in [2.45, 2.75) is 25.0 Å². The van der Waals surface area contributed by atoms with Gasteiger partial charge in [0.2, 0.25) is 5.91 Å². The Hall–Kier alpha value is -2.82. The van der Waals surface area contributed by atoms with Gasteiger partial charge in [0.15, 0.2) is 5.16 Å². The fourth-order valence-electron chi connectivity index (χ4n) is 2.66. The molecule has 1 heterocycles. The Morgan fingerprint density at radius 2 is 2.00 bits per heavy atom. The maximum absolute atomic E-state index is 12.8. The number of nitriles is 1. The predicted octanol–water partition coefficient (Wildman–Crippen LogP) is 4.23. The van der Waals surface area contributed by atoms with Crippen molar-refractivity contribution >= 4 is 45.9 Å². The molecule has 1 N–H and O–H groups in total. The van der Waals surface area contributed by atoms with E-state index in [1.165, 1.54) is 11.8 Å². The number of amides is 1. The molecular formula is C20H17ClN4O2S. The average molecular weight is 413 g/mol. The van der Waals surface area contributed by atoms with Gasteiger partial charge in [0, 0.05) is 16.8 Å². The van der Waals surface area contributed by atoms with E-state index in [4.69, 9.17) is 16.9 Å². The average Bonchev–Trinajstić information content (AvgIpc) is 2.66. The van der Waals surface area contributed by atoms with E-state index in [-0.39, 0.29) is 23.3 Å². The molecule has 0 radical (unpaired) electrons. The number of nitrogens with one attached hydrogen (secondary N) is 1. The zero-order valence-electron chi connectivity index (χ0n) is 15.3. The maximum atomic E-state index is 12.8. The standard InChI is InChI=1S/C20H17ClN4O2S/c1-12(2)25-19(27)16-8-5-14(21)9-17(16)24-20(25)28-11-18(26)23-15-6-3-13(10-22)4-7-15/h3-9,12H,11H2,1-2H3,(H,23,26). The fourth-order valence-corrected chi connectivity index (χ4v) is 3.76. The number of benzene rings is 2. The molecule has 6 nitrogen and oxygen atoms in total. The van der Waals surface area contributed by atoms with E-state index < -0.39 is 0 Å². The van der Waals surface area contributed by atoms with Crippen molar-refractivity contribution in [2.24, 2.45) is 0 Å². The van der Waals surface area contributed by atoms with Crippen LogP contribution in [-0.2, 0) is 4.79 Å². The zero-order chi connectivity index (χ0) is 20.3. The molecule has 2 aromatic carbocycles. The van der Waals surface area contributed by atoms with Gasteiger partial charge < -0.3 is 5.32 Å². The van der Waals surface area contributed by atoms with Crippen molar-refractivity contribution in [3.8, 4) is 6.07 Å². The molecule has 0 aliphatic carbocycles. The number of thioether (sulfide) groups is 1. The second-order valence-electron chi connectivity index (χ2n) is 6.35. The number of hydrogen-bond acceptors (Lipinski definition) is 5. The quantitative estimate of drug-likeness (QED) is 0.500. The third-order valence-electron chi connectivity index (χ3n) is 3.98. The third-order valence-corrected chi connectivity index (χ3v) is 5.17. The van der Waals surface area contributed by atoms with Gasteiger partial charge in [-0.25, -0.2) is 4.98 Å². The molecule has 0 fully saturated rings. The van der Waals surface area contributed by atoms with Gasteiger partial charge >= 0.3 is 0 Å². The van der Waals surface area contributed by atoms with Gasteiger partial charge in [-0.2, -0.15) is 5.26 Å². The molecule has 0 spiro atoms. The number of rotatable bonds is 5. The lowest BCUT2D eigenvalue weighted by atomic mass is 10.2. The number of carbonyl (C=O) groups excluding carboxylic acids is 1.